The number of methoxy groups -OCH3 is 2. The molecule has 0 saturated heterocycles. The van der Waals surface area contributed by atoms with Gasteiger partial charge < -0.3 is 23.9 Å². The Morgan fingerprint density at radius 3 is 2.15 bits per heavy atom. The van der Waals surface area contributed by atoms with Crippen molar-refractivity contribution in [3.63, 3.8) is 0 Å². The van der Waals surface area contributed by atoms with E-state index < -0.39 is 18.4 Å². The van der Waals surface area contributed by atoms with Crippen molar-refractivity contribution >= 4 is 11.9 Å². The molecule has 0 radical (unpaired) electrons. The van der Waals surface area contributed by atoms with Crippen LogP contribution >= 0.6 is 0 Å². The van der Waals surface area contributed by atoms with E-state index in [-0.39, 0.29) is 12.5 Å². The molecule has 0 fully saturated rings. The molecule has 0 aliphatic carbocycles. The molecule has 1 aromatic heterocycles. The second kappa shape index (κ2) is 8.62. The molecule has 27 heavy (non-hydrogen) atoms. The van der Waals surface area contributed by atoms with Crippen LogP contribution in [-0.2, 0) is 11.3 Å². The molecule has 1 N–H and O–H groups in total. The van der Waals surface area contributed by atoms with E-state index >= 15 is 0 Å². The monoisotopic (exact) mass is 375 g/mol. The van der Waals surface area contributed by atoms with Crippen molar-refractivity contribution < 1.29 is 28.6 Å². The molecule has 7 heteroatoms. The number of rotatable bonds is 8. The Labute approximate surface area is 158 Å². The summed E-state index contributed by atoms with van der Waals surface area (Å²) >= 11 is 0. The standard InChI is InChI=1S/C20H25NO6/c1-12(2)18-9-17(13(3)27-18)20(24)21(11-19(22)23)10-14-6-15(25-4)8-16(7-14)26-5/h6-9,12H,10-11H2,1-5H3,(H,22,23). The number of carbonyl (C=O) groups is 2. The Balaban J connectivity index is 2.35. The number of carboxylic acid groups (broad SMARTS) is 1. The smallest absolute Gasteiger partial charge is 0.323 e. The predicted molar refractivity (Wildman–Crippen MR) is 99.5 cm³/mol. The second-order valence-corrected chi connectivity index (χ2v) is 6.55. The lowest BCUT2D eigenvalue weighted by molar-refractivity contribution is -0.137. The summed E-state index contributed by atoms with van der Waals surface area (Å²) in [6.45, 7) is 5.29. The minimum absolute atomic E-state index is 0.0975. The summed E-state index contributed by atoms with van der Waals surface area (Å²) in [7, 11) is 3.06. The minimum Gasteiger partial charge on any atom is -0.497 e. The molecule has 2 rings (SSSR count). The SMILES string of the molecule is COc1cc(CN(CC(=O)O)C(=O)c2cc(C(C)C)oc2C)cc(OC)c1. The molecule has 0 spiro atoms. The van der Waals surface area contributed by atoms with Gasteiger partial charge >= 0.3 is 5.97 Å². The molecule has 7 nitrogen and oxygen atoms in total. The second-order valence-electron chi connectivity index (χ2n) is 6.55. The van der Waals surface area contributed by atoms with Crippen molar-refractivity contribution in [3.05, 3.63) is 46.9 Å². The summed E-state index contributed by atoms with van der Waals surface area (Å²) in [5.41, 5.74) is 1.07. The van der Waals surface area contributed by atoms with E-state index in [9.17, 15) is 14.7 Å². The van der Waals surface area contributed by atoms with Crippen LogP contribution in [0.1, 0.15) is 47.2 Å². The first kappa shape index (κ1) is 20.4. The lowest BCUT2D eigenvalue weighted by atomic mass is 10.1. The zero-order valence-electron chi connectivity index (χ0n) is 16.2. The van der Waals surface area contributed by atoms with Crippen molar-refractivity contribution in [2.45, 2.75) is 33.2 Å². The van der Waals surface area contributed by atoms with Crippen molar-refractivity contribution in [1.82, 2.24) is 4.90 Å². The van der Waals surface area contributed by atoms with Crippen molar-refractivity contribution in [2.24, 2.45) is 0 Å². The molecule has 0 aliphatic heterocycles. The molecule has 1 heterocycles. The number of ether oxygens (including phenoxy) is 2. The van der Waals surface area contributed by atoms with Gasteiger partial charge in [0.25, 0.3) is 5.91 Å². The van der Waals surface area contributed by atoms with Gasteiger partial charge in [0.05, 0.1) is 19.8 Å². The molecule has 1 aromatic carbocycles. The van der Waals surface area contributed by atoms with Gasteiger partial charge in [-0.15, -0.1) is 0 Å². The Kier molecular flexibility index (Phi) is 6.50. The highest BCUT2D eigenvalue weighted by atomic mass is 16.5. The van der Waals surface area contributed by atoms with Crippen LogP contribution in [0.4, 0.5) is 0 Å². The number of hydrogen-bond acceptors (Lipinski definition) is 5. The summed E-state index contributed by atoms with van der Waals surface area (Å²) in [5, 5.41) is 9.26. The predicted octanol–water partition coefficient (Wildman–Crippen LogP) is 3.46. The normalized spacial score (nSPS) is 10.7. The zero-order chi connectivity index (χ0) is 20.1. The first-order valence-corrected chi connectivity index (χ1v) is 8.58. The number of carboxylic acids is 1. The van der Waals surface area contributed by atoms with Gasteiger partial charge in [0.2, 0.25) is 0 Å². The molecule has 2 aromatic rings. The largest absolute Gasteiger partial charge is 0.497 e. The Hall–Kier alpha value is -2.96. The maximum atomic E-state index is 13.0. The molecular formula is C20H25NO6. The van der Waals surface area contributed by atoms with Crippen molar-refractivity contribution in [2.75, 3.05) is 20.8 Å². The topological polar surface area (TPSA) is 89.2 Å². The fraction of sp³-hybridized carbons (Fsp3) is 0.400. The molecule has 0 aliphatic rings. The first-order chi connectivity index (χ1) is 12.7. The molecule has 0 atom stereocenters. The van der Waals surface area contributed by atoms with E-state index in [1.54, 1.807) is 31.2 Å². The molecule has 146 valence electrons. The van der Waals surface area contributed by atoms with Crippen LogP contribution in [-0.4, -0.2) is 42.6 Å². The van der Waals surface area contributed by atoms with Crippen LogP contribution in [0.2, 0.25) is 0 Å². The summed E-state index contributed by atoms with van der Waals surface area (Å²) in [4.78, 5) is 25.6. The minimum atomic E-state index is -1.09. The Morgan fingerprint density at radius 2 is 1.70 bits per heavy atom. The maximum Gasteiger partial charge on any atom is 0.323 e. The van der Waals surface area contributed by atoms with Crippen LogP contribution in [0.5, 0.6) is 11.5 Å². The first-order valence-electron chi connectivity index (χ1n) is 8.58. The molecule has 0 bridgehead atoms. The highest BCUT2D eigenvalue weighted by Crippen LogP contribution is 2.26. The average molecular weight is 375 g/mol. The van der Waals surface area contributed by atoms with Gasteiger partial charge in [-0.3, -0.25) is 9.59 Å². The Bertz CT molecular complexity index is 802. The van der Waals surface area contributed by atoms with E-state index in [0.717, 1.165) is 0 Å². The van der Waals surface area contributed by atoms with E-state index in [4.69, 9.17) is 13.9 Å². The quantitative estimate of drug-likeness (QED) is 0.760. The molecule has 1 amide bonds. The van der Waals surface area contributed by atoms with E-state index in [2.05, 4.69) is 0 Å². The highest BCUT2D eigenvalue weighted by Gasteiger charge is 2.24. The van der Waals surface area contributed by atoms with Gasteiger partial charge in [0, 0.05) is 18.5 Å². The molecule has 0 unspecified atom stereocenters. The van der Waals surface area contributed by atoms with E-state index in [1.807, 2.05) is 13.8 Å². The third kappa shape index (κ3) is 5.03. The third-order valence-electron chi connectivity index (χ3n) is 4.13. The van der Waals surface area contributed by atoms with Crippen LogP contribution in [0.25, 0.3) is 0 Å². The van der Waals surface area contributed by atoms with Crippen molar-refractivity contribution in [3.8, 4) is 11.5 Å². The fourth-order valence-corrected chi connectivity index (χ4v) is 2.71. The summed E-state index contributed by atoms with van der Waals surface area (Å²) < 4.78 is 16.1. The summed E-state index contributed by atoms with van der Waals surface area (Å²) in [6, 6.07) is 6.88. The number of carbonyl (C=O) groups excluding carboxylic acids is 1. The maximum absolute atomic E-state index is 13.0. The lowest BCUT2D eigenvalue weighted by Gasteiger charge is -2.21. The molecule has 0 saturated carbocycles. The zero-order valence-corrected chi connectivity index (χ0v) is 16.2. The summed E-state index contributed by atoms with van der Waals surface area (Å²) in [6.07, 6.45) is 0. The van der Waals surface area contributed by atoms with Gasteiger partial charge in [-0.25, -0.2) is 0 Å². The van der Waals surface area contributed by atoms with E-state index in [1.165, 1.54) is 19.1 Å². The van der Waals surface area contributed by atoms with Gasteiger partial charge in [0.1, 0.15) is 29.6 Å². The van der Waals surface area contributed by atoms with E-state index in [0.29, 0.717) is 34.1 Å². The van der Waals surface area contributed by atoms with Gasteiger partial charge in [-0.1, -0.05) is 13.8 Å². The van der Waals surface area contributed by atoms with Crippen LogP contribution in [0.3, 0.4) is 0 Å². The van der Waals surface area contributed by atoms with Gasteiger partial charge in [0.15, 0.2) is 0 Å². The Morgan fingerprint density at radius 1 is 1.11 bits per heavy atom. The number of aryl methyl sites for hydroxylation is 1. The molecular weight excluding hydrogens is 350 g/mol. The van der Waals surface area contributed by atoms with Gasteiger partial charge in [-0.05, 0) is 30.7 Å². The number of furan rings is 1. The number of hydrogen-bond donors (Lipinski definition) is 1. The van der Waals surface area contributed by atoms with Crippen molar-refractivity contribution in [1.29, 1.82) is 0 Å². The summed E-state index contributed by atoms with van der Waals surface area (Å²) in [5.74, 6) is 0.926. The number of amides is 1. The van der Waals surface area contributed by atoms with Crippen LogP contribution in [0.15, 0.2) is 28.7 Å². The van der Waals surface area contributed by atoms with Crippen LogP contribution < -0.4 is 9.47 Å². The third-order valence-corrected chi connectivity index (χ3v) is 4.13. The number of nitrogens with zero attached hydrogens (tertiary/aromatic N) is 1. The lowest BCUT2D eigenvalue weighted by Crippen LogP contribution is -2.35. The fourth-order valence-electron chi connectivity index (χ4n) is 2.71. The highest BCUT2D eigenvalue weighted by molar-refractivity contribution is 5.96. The number of aliphatic carboxylic acids is 1. The van der Waals surface area contributed by atoms with Crippen LogP contribution in [0, 0.1) is 6.92 Å². The average Bonchev–Trinajstić information content (AvgIpc) is 3.01. The number of benzene rings is 1. The van der Waals surface area contributed by atoms with Gasteiger partial charge in [-0.2, -0.15) is 0 Å².